The number of hydrogen-bond acceptors (Lipinski definition) is 16. The second-order valence-corrected chi connectivity index (χ2v) is 19.0. The number of hydrogen-bond donors (Lipinski definition) is 4. The molecule has 0 unspecified atom stereocenters. The summed E-state index contributed by atoms with van der Waals surface area (Å²) in [6.45, 7) is -0.271. The van der Waals surface area contributed by atoms with Crippen LogP contribution in [0.25, 0.3) is 0 Å². The Morgan fingerprint density at radius 2 is 0.700 bits per heavy atom. The molecule has 2 aromatic rings. The number of nitrogens with one attached hydrogen (secondary N) is 2. The summed E-state index contributed by atoms with van der Waals surface area (Å²) in [5.41, 5.74) is 1.64. The van der Waals surface area contributed by atoms with Crippen molar-refractivity contribution in [2.24, 2.45) is 0 Å². The number of Topliss-reactive ketones (excluding diaryl/α,β-unsaturated/α-hetero) is 2. The normalized spacial score (nSPS) is 10.4. The van der Waals surface area contributed by atoms with E-state index in [0.717, 1.165) is 35.3 Å². The first kappa shape index (κ1) is 70.5. The Bertz CT molecular complexity index is 2130. The van der Waals surface area contributed by atoms with Crippen LogP contribution in [0.2, 0.25) is 0 Å². The molecule has 0 bridgehead atoms. The number of aliphatic carboxylic acids is 2. The Kier molecular flexibility index (Phi) is 40.0. The molecule has 0 saturated carbocycles. The summed E-state index contributed by atoms with van der Waals surface area (Å²) in [6, 6.07) is 18.3. The number of methoxy groups -OCH3 is 2. The monoisotopic (exact) mass is 1120 g/mol. The van der Waals surface area contributed by atoms with Crippen molar-refractivity contribution in [3.63, 3.8) is 0 Å². The summed E-state index contributed by atoms with van der Waals surface area (Å²) in [4.78, 5) is 146. The van der Waals surface area contributed by atoms with Gasteiger partial charge in [-0.3, -0.25) is 57.5 Å². The standard InChI is InChI=1S/C30H44N2O9.C28H40N2O9/c1-39-28(36)16-10-4-3-9-15-25(33)21-32(22-26(34)31-20-12-6-11-17-29(37)40-2)27(35)18-19-30(38)41-23-24-13-7-5-8-14-24;31-23(13-7-1-2-8-14-26(34)35)19-30(20-24(32)29-18-10-4-9-15-27(36)37)25(33)16-17-28(38)39-21-22-11-5-3-6-12-22/h5,7-8,13-14H,3-4,6,9-12,15-23H2,1-2H3,(H,31,34);3,5-6,11-12H,1-2,4,7-10,13-21H2,(H,29,32)(H,34,35)(H,36,37). The van der Waals surface area contributed by atoms with Gasteiger partial charge in [-0.2, -0.15) is 0 Å². The lowest BCUT2D eigenvalue weighted by molar-refractivity contribution is -0.148. The van der Waals surface area contributed by atoms with Crippen LogP contribution >= 0.6 is 0 Å². The van der Waals surface area contributed by atoms with E-state index in [1.807, 2.05) is 60.7 Å². The molecule has 0 radical (unpaired) electrons. The van der Waals surface area contributed by atoms with Crippen LogP contribution in [-0.2, 0) is 89.7 Å². The molecule has 444 valence electrons. The molecular weight excluding hydrogens is 1040 g/mol. The molecule has 0 aliphatic rings. The van der Waals surface area contributed by atoms with Crippen LogP contribution in [0.4, 0.5) is 0 Å². The molecular formula is C58H84N4O18. The Balaban J connectivity index is 0.000000801. The molecule has 4 amide bonds. The van der Waals surface area contributed by atoms with Crippen LogP contribution < -0.4 is 10.6 Å². The zero-order valence-electron chi connectivity index (χ0n) is 46.7. The maximum absolute atomic E-state index is 12.9. The van der Waals surface area contributed by atoms with Crippen LogP contribution in [0, 0.1) is 0 Å². The third kappa shape index (κ3) is 39.8. The topological polar surface area (TPSA) is 313 Å². The fourth-order valence-electron chi connectivity index (χ4n) is 7.57. The quantitative estimate of drug-likeness (QED) is 0.0318. The van der Waals surface area contributed by atoms with Gasteiger partial charge >= 0.3 is 35.8 Å². The van der Waals surface area contributed by atoms with Gasteiger partial charge in [-0.1, -0.05) is 99.2 Å². The Hall–Kier alpha value is -7.52. The maximum atomic E-state index is 12.9. The third-order valence-corrected chi connectivity index (χ3v) is 12.1. The van der Waals surface area contributed by atoms with E-state index in [0.29, 0.717) is 96.6 Å². The number of ketones is 2. The number of unbranched alkanes of at least 4 members (excludes halogenated alkanes) is 10. The number of carboxylic acids is 2. The van der Waals surface area contributed by atoms with Gasteiger partial charge < -0.3 is 49.6 Å². The molecule has 22 nitrogen and oxygen atoms in total. The highest BCUT2D eigenvalue weighted by molar-refractivity contribution is 5.92. The van der Waals surface area contributed by atoms with Gasteiger partial charge in [-0.05, 0) is 62.5 Å². The number of carbonyl (C=O) groups excluding carboxylic acids is 10. The molecule has 0 saturated heterocycles. The van der Waals surface area contributed by atoms with Crippen molar-refractivity contribution >= 4 is 71.0 Å². The molecule has 4 N–H and O–H groups in total. The van der Waals surface area contributed by atoms with Crippen LogP contribution in [0.15, 0.2) is 60.7 Å². The van der Waals surface area contributed by atoms with Crippen molar-refractivity contribution in [3.8, 4) is 0 Å². The third-order valence-electron chi connectivity index (χ3n) is 12.1. The van der Waals surface area contributed by atoms with E-state index < -0.39 is 47.5 Å². The highest BCUT2D eigenvalue weighted by Crippen LogP contribution is 2.12. The van der Waals surface area contributed by atoms with E-state index >= 15 is 0 Å². The van der Waals surface area contributed by atoms with Gasteiger partial charge in [0.05, 0.1) is 53.2 Å². The Morgan fingerprint density at radius 1 is 0.375 bits per heavy atom. The van der Waals surface area contributed by atoms with E-state index in [1.54, 1.807) is 0 Å². The number of nitrogens with zero attached hydrogens (tertiary/aromatic N) is 2. The zero-order chi connectivity index (χ0) is 59.2. The molecule has 22 heteroatoms. The van der Waals surface area contributed by atoms with Gasteiger partial charge in [0.2, 0.25) is 23.6 Å². The van der Waals surface area contributed by atoms with Crippen LogP contribution in [0.3, 0.4) is 0 Å². The van der Waals surface area contributed by atoms with Crippen molar-refractivity contribution < 1.29 is 86.7 Å². The second-order valence-electron chi connectivity index (χ2n) is 19.0. The van der Waals surface area contributed by atoms with Crippen molar-refractivity contribution in [2.45, 2.75) is 167 Å². The van der Waals surface area contributed by atoms with Gasteiger partial charge in [0, 0.05) is 64.5 Å². The fourth-order valence-corrected chi connectivity index (χ4v) is 7.57. The first-order valence-electron chi connectivity index (χ1n) is 27.5. The molecule has 0 aromatic heterocycles. The summed E-state index contributed by atoms with van der Waals surface area (Å²) in [6.07, 6.45) is 9.46. The Labute approximate surface area is 469 Å². The molecule has 2 aromatic carbocycles. The lowest BCUT2D eigenvalue weighted by atomic mass is 10.1. The fraction of sp³-hybridized carbons (Fsp3) is 0.586. The summed E-state index contributed by atoms with van der Waals surface area (Å²) in [5.74, 6) is -5.66. The molecule has 0 spiro atoms. The first-order valence-corrected chi connectivity index (χ1v) is 27.5. The molecule has 0 fully saturated rings. The molecule has 0 atom stereocenters. The Morgan fingerprint density at radius 3 is 1.04 bits per heavy atom. The predicted molar refractivity (Wildman–Crippen MR) is 292 cm³/mol. The number of ether oxygens (including phenoxy) is 4. The molecule has 0 aliphatic carbocycles. The average molecular weight is 1130 g/mol. The number of benzene rings is 2. The molecule has 0 aliphatic heterocycles. The lowest BCUT2D eigenvalue weighted by Crippen LogP contribution is -2.43. The number of esters is 4. The van der Waals surface area contributed by atoms with Crippen molar-refractivity contribution in [1.29, 1.82) is 0 Å². The van der Waals surface area contributed by atoms with E-state index in [9.17, 15) is 57.5 Å². The van der Waals surface area contributed by atoms with Gasteiger partial charge in [0.1, 0.15) is 13.2 Å². The van der Waals surface area contributed by atoms with E-state index in [2.05, 4.69) is 20.1 Å². The van der Waals surface area contributed by atoms with Crippen molar-refractivity contribution in [1.82, 2.24) is 20.4 Å². The van der Waals surface area contributed by atoms with E-state index in [1.165, 1.54) is 19.1 Å². The zero-order valence-corrected chi connectivity index (χ0v) is 46.7. The van der Waals surface area contributed by atoms with Gasteiger partial charge in [0.15, 0.2) is 11.6 Å². The maximum Gasteiger partial charge on any atom is 0.306 e. The van der Waals surface area contributed by atoms with Crippen molar-refractivity contribution in [2.75, 3.05) is 53.5 Å². The van der Waals surface area contributed by atoms with E-state index in [4.69, 9.17) is 19.7 Å². The SMILES string of the molecule is COC(=O)CCCCCCC(=O)CN(CC(=O)NCCCCCC(=O)OC)C(=O)CCC(=O)OCc1ccccc1.O=C(O)CCCCCCC(=O)CN(CC(=O)NCCCCCC(=O)O)C(=O)CCC(=O)OCc1ccccc1. The summed E-state index contributed by atoms with van der Waals surface area (Å²) in [5, 5.41) is 22.8. The number of amides is 4. The highest BCUT2D eigenvalue weighted by Gasteiger charge is 2.23. The summed E-state index contributed by atoms with van der Waals surface area (Å²) >= 11 is 0. The summed E-state index contributed by atoms with van der Waals surface area (Å²) in [7, 11) is 2.68. The van der Waals surface area contributed by atoms with E-state index in [-0.39, 0.29) is 114 Å². The van der Waals surface area contributed by atoms with Crippen LogP contribution in [0.5, 0.6) is 0 Å². The van der Waals surface area contributed by atoms with Crippen LogP contribution in [-0.4, -0.2) is 145 Å². The van der Waals surface area contributed by atoms with Gasteiger partial charge in [-0.15, -0.1) is 0 Å². The number of rotatable bonds is 44. The average Bonchev–Trinajstić information content (AvgIpc) is 3.44. The van der Waals surface area contributed by atoms with Gasteiger partial charge in [-0.25, -0.2) is 0 Å². The largest absolute Gasteiger partial charge is 0.481 e. The van der Waals surface area contributed by atoms with Crippen LogP contribution in [0.1, 0.15) is 165 Å². The van der Waals surface area contributed by atoms with Crippen molar-refractivity contribution in [3.05, 3.63) is 71.8 Å². The number of carbonyl (C=O) groups is 12. The summed E-state index contributed by atoms with van der Waals surface area (Å²) < 4.78 is 19.6. The minimum Gasteiger partial charge on any atom is -0.481 e. The highest BCUT2D eigenvalue weighted by atomic mass is 16.5. The number of carboxylic acid groups (broad SMARTS) is 2. The smallest absolute Gasteiger partial charge is 0.306 e. The first-order chi connectivity index (χ1) is 38.4. The van der Waals surface area contributed by atoms with Gasteiger partial charge in [0.25, 0.3) is 0 Å². The minimum atomic E-state index is -0.873. The molecule has 80 heavy (non-hydrogen) atoms. The second kappa shape index (κ2) is 45.4. The molecule has 0 heterocycles. The minimum absolute atomic E-state index is 0.0612. The predicted octanol–water partition coefficient (Wildman–Crippen LogP) is 6.37. The lowest BCUT2D eigenvalue weighted by Gasteiger charge is -2.21. The molecule has 2 rings (SSSR count).